The fraction of sp³-hybridized carbons (Fsp3) is 0.375. The summed E-state index contributed by atoms with van der Waals surface area (Å²) in [4.78, 5) is 8.64. The van der Waals surface area contributed by atoms with Crippen molar-refractivity contribution < 1.29 is 9.63 Å². The average molecular weight is 313 g/mol. The van der Waals surface area contributed by atoms with E-state index in [1.807, 2.05) is 31.2 Å². The van der Waals surface area contributed by atoms with Gasteiger partial charge in [0.2, 0.25) is 11.7 Å². The average Bonchev–Trinajstić information content (AvgIpc) is 3.18. The van der Waals surface area contributed by atoms with Gasteiger partial charge in [0.25, 0.3) is 0 Å². The summed E-state index contributed by atoms with van der Waals surface area (Å²) in [6.45, 7) is 2.56. The molecule has 3 aromatic rings. The van der Waals surface area contributed by atoms with Crippen LogP contribution < -0.4 is 0 Å². The van der Waals surface area contributed by atoms with Crippen LogP contribution in [0, 0.1) is 6.92 Å². The molecule has 0 saturated heterocycles. The Balaban J connectivity index is 1.58. The molecule has 0 spiro atoms. The van der Waals surface area contributed by atoms with Gasteiger partial charge >= 0.3 is 0 Å². The van der Waals surface area contributed by atoms with Crippen LogP contribution in [0.2, 0.25) is 0 Å². The zero-order chi connectivity index (χ0) is 16.1. The molecule has 0 radical (unpaired) electrons. The van der Waals surface area contributed by atoms with Gasteiger partial charge in [0.15, 0.2) is 0 Å². The molecule has 2 heterocycles. The fourth-order valence-electron chi connectivity index (χ4n) is 2.42. The third kappa shape index (κ3) is 3.81. The van der Waals surface area contributed by atoms with Crippen molar-refractivity contribution in [3.05, 3.63) is 47.9 Å². The van der Waals surface area contributed by atoms with Gasteiger partial charge in [0, 0.05) is 18.4 Å². The number of hydrogen-bond donors (Lipinski definition) is 1. The zero-order valence-electron chi connectivity index (χ0n) is 13.0. The monoisotopic (exact) mass is 313 g/mol. The Morgan fingerprint density at radius 3 is 3.00 bits per heavy atom. The molecule has 2 aromatic heterocycles. The summed E-state index contributed by atoms with van der Waals surface area (Å²) < 4.78 is 7.03. The molecule has 7 nitrogen and oxygen atoms in total. The van der Waals surface area contributed by atoms with Crippen molar-refractivity contribution in [2.24, 2.45) is 0 Å². The molecular formula is C16H19N5O2. The smallest absolute Gasteiger partial charge is 0.226 e. The first kappa shape index (κ1) is 15.4. The Labute approximate surface area is 134 Å². The number of aliphatic hydroxyl groups is 1. The van der Waals surface area contributed by atoms with Gasteiger partial charge in [-0.05, 0) is 19.4 Å². The second kappa shape index (κ2) is 7.15. The molecule has 0 aliphatic rings. The van der Waals surface area contributed by atoms with Gasteiger partial charge in [-0.1, -0.05) is 28.9 Å². The summed E-state index contributed by atoms with van der Waals surface area (Å²) in [6, 6.07) is 8.02. The van der Waals surface area contributed by atoms with Gasteiger partial charge in [-0.3, -0.25) is 0 Å². The van der Waals surface area contributed by atoms with Gasteiger partial charge in [0.1, 0.15) is 12.2 Å². The summed E-state index contributed by atoms with van der Waals surface area (Å²) in [5.74, 6) is 2.10. The van der Waals surface area contributed by atoms with Crippen LogP contribution in [0.1, 0.15) is 23.7 Å². The zero-order valence-corrected chi connectivity index (χ0v) is 13.0. The maximum Gasteiger partial charge on any atom is 0.226 e. The first-order valence-electron chi connectivity index (χ1n) is 7.63. The summed E-state index contributed by atoms with van der Waals surface area (Å²) in [5, 5.41) is 17.1. The lowest BCUT2D eigenvalue weighted by Gasteiger charge is -2.02. The molecule has 120 valence electrons. The van der Waals surface area contributed by atoms with Crippen LogP contribution in [-0.4, -0.2) is 36.6 Å². The highest BCUT2D eigenvalue weighted by Crippen LogP contribution is 2.17. The first-order valence-corrected chi connectivity index (χ1v) is 7.63. The van der Waals surface area contributed by atoms with Crippen molar-refractivity contribution in [2.75, 3.05) is 6.61 Å². The van der Waals surface area contributed by atoms with Gasteiger partial charge in [0.05, 0.1) is 13.2 Å². The summed E-state index contributed by atoms with van der Waals surface area (Å²) >= 11 is 0. The minimum Gasteiger partial charge on any atom is -0.394 e. The van der Waals surface area contributed by atoms with Gasteiger partial charge < -0.3 is 9.63 Å². The predicted octanol–water partition coefficient (Wildman–Crippen LogP) is 1.80. The van der Waals surface area contributed by atoms with Crippen LogP contribution in [0.5, 0.6) is 0 Å². The van der Waals surface area contributed by atoms with E-state index in [1.54, 1.807) is 4.68 Å². The van der Waals surface area contributed by atoms with Crippen LogP contribution >= 0.6 is 0 Å². The number of aromatic nitrogens is 5. The third-order valence-electron chi connectivity index (χ3n) is 3.54. The van der Waals surface area contributed by atoms with E-state index in [9.17, 15) is 0 Å². The van der Waals surface area contributed by atoms with Crippen LogP contribution in [0.3, 0.4) is 0 Å². The lowest BCUT2D eigenvalue weighted by Crippen LogP contribution is -2.09. The maximum absolute atomic E-state index is 8.97. The highest BCUT2D eigenvalue weighted by atomic mass is 16.5. The van der Waals surface area contributed by atoms with E-state index in [2.05, 4.69) is 20.2 Å². The van der Waals surface area contributed by atoms with Crippen molar-refractivity contribution in [1.82, 2.24) is 24.9 Å². The van der Waals surface area contributed by atoms with Crippen molar-refractivity contribution in [3.8, 4) is 11.4 Å². The normalized spacial score (nSPS) is 11.0. The molecule has 0 fully saturated rings. The number of aliphatic hydroxyl groups excluding tert-OH is 1. The molecule has 0 unspecified atom stereocenters. The molecule has 0 aliphatic heterocycles. The van der Waals surface area contributed by atoms with E-state index < -0.39 is 0 Å². The van der Waals surface area contributed by atoms with Crippen LogP contribution in [0.4, 0.5) is 0 Å². The van der Waals surface area contributed by atoms with E-state index in [4.69, 9.17) is 9.63 Å². The predicted molar refractivity (Wildman–Crippen MR) is 83.6 cm³/mol. The molecule has 1 aromatic carbocycles. The van der Waals surface area contributed by atoms with E-state index in [1.165, 1.54) is 6.33 Å². The highest BCUT2D eigenvalue weighted by Gasteiger charge is 2.10. The molecule has 1 N–H and O–H groups in total. The van der Waals surface area contributed by atoms with E-state index in [-0.39, 0.29) is 6.61 Å². The quantitative estimate of drug-likeness (QED) is 0.715. The minimum atomic E-state index is 0.0554. The molecular weight excluding hydrogens is 294 g/mol. The summed E-state index contributed by atoms with van der Waals surface area (Å²) in [7, 11) is 0. The molecule has 3 rings (SSSR count). The molecule has 0 aliphatic carbocycles. The van der Waals surface area contributed by atoms with E-state index in [0.717, 1.165) is 29.8 Å². The Morgan fingerprint density at radius 2 is 2.17 bits per heavy atom. The van der Waals surface area contributed by atoms with Crippen molar-refractivity contribution >= 4 is 0 Å². The largest absolute Gasteiger partial charge is 0.394 e. The molecule has 0 bridgehead atoms. The van der Waals surface area contributed by atoms with Crippen molar-refractivity contribution in [1.29, 1.82) is 0 Å². The second-order valence-corrected chi connectivity index (χ2v) is 5.36. The maximum atomic E-state index is 8.97. The van der Waals surface area contributed by atoms with Gasteiger partial charge in [-0.25, -0.2) is 9.67 Å². The van der Waals surface area contributed by atoms with Crippen LogP contribution in [0.15, 0.2) is 35.1 Å². The Morgan fingerprint density at radius 1 is 1.26 bits per heavy atom. The van der Waals surface area contributed by atoms with E-state index >= 15 is 0 Å². The van der Waals surface area contributed by atoms with Crippen LogP contribution in [0.25, 0.3) is 11.4 Å². The van der Waals surface area contributed by atoms with Gasteiger partial charge in [-0.15, -0.1) is 0 Å². The van der Waals surface area contributed by atoms with Crippen LogP contribution in [-0.2, 0) is 19.4 Å². The number of aryl methyl sites for hydroxylation is 3. The second-order valence-electron chi connectivity index (χ2n) is 5.36. The summed E-state index contributed by atoms with van der Waals surface area (Å²) in [5.41, 5.74) is 2.12. The van der Waals surface area contributed by atoms with Crippen molar-refractivity contribution in [3.63, 3.8) is 0 Å². The van der Waals surface area contributed by atoms with Crippen molar-refractivity contribution in [2.45, 2.75) is 32.7 Å². The first-order chi connectivity index (χ1) is 11.3. The molecule has 0 saturated carbocycles. The number of benzene rings is 1. The lowest BCUT2D eigenvalue weighted by molar-refractivity contribution is 0.266. The highest BCUT2D eigenvalue weighted by molar-refractivity contribution is 5.55. The van der Waals surface area contributed by atoms with Gasteiger partial charge in [-0.2, -0.15) is 10.1 Å². The lowest BCUT2D eigenvalue weighted by atomic mass is 10.1. The standard InChI is InChI=1S/C16H19N5O2/c1-12-4-2-5-13(10-12)16-19-15(23-20-16)7-3-6-14-17-11-18-21(14)8-9-22/h2,4-5,10-11,22H,3,6-9H2,1H3. The third-order valence-corrected chi connectivity index (χ3v) is 3.54. The molecule has 0 atom stereocenters. The SMILES string of the molecule is Cc1cccc(-c2noc(CCCc3ncnn3CCO)n2)c1. The number of rotatable bonds is 7. The van der Waals surface area contributed by atoms with E-state index in [0.29, 0.717) is 24.7 Å². The number of hydrogen-bond acceptors (Lipinski definition) is 6. The Bertz CT molecular complexity index is 765. The Kier molecular flexibility index (Phi) is 4.77. The summed E-state index contributed by atoms with van der Waals surface area (Å²) in [6.07, 6.45) is 3.78. The topological polar surface area (TPSA) is 89.9 Å². The molecule has 0 amide bonds. The Hall–Kier alpha value is -2.54. The number of nitrogens with zero attached hydrogens (tertiary/aromatic N) is 5. The molecule has 23 heavy (non-hydrogen) atoms. The minimum absolute atomic E-state index is 0.0554. The molecule has 7 heteroatoms. The fourth-order valence-corrected chi connectivity index (χ4v) is 2.42.